The van der Waals surface area contributed by atoms with Gasteiger partial charge in [0.05, 0.1) is 12.2 Å². The molecule has 7 heteroatoms. The van der Waals surface area contributed by atoms with Gasteiger partial charge in [0, 0.05) is 42.6 Å². The van der Waals surface area contributed by atoms with Gasteiger partial charge in [0.15, 0.2) is 0 Å². The van der Waals surface area contributed by atoms with E-state index in [0.717, 1.165) is 29.9 Å². The van der Waals surface area contributed by atoms with Crippen LogP contribution < -0.4 is 5.56 Å². The summed E-state index contributed by atoms with van der Waals surface area (Å²) in [4.78, 5) is 19.1. The summed E-state index contributed by atoms with van der Waals surface area (Å²) in [6.45, 7) is 2.60. The van der Waals surface area contributed by atoms with E-state index in [4.69, 9.17) is 11.6 Å². The summed E-state index contributed by atoms with van der Waals surface area (Å²) in [6.07, 6.45) is 4.32. The number of nitrogens with one attached hydrogen (secondary N) is 1. The van der Waals surface area contributed by atoms with Gasteiger partial charge in [-0.3, -0.25) is 19.8 Å². The number of rotatable bonds is 4. The van der Waals surface area contributed by atoms with Gasteiger partial charge in [0.1, 0.15) is 5.82 Å². The van der Waals surface area contributed by atoms with E-state index >= 15 is 0 Å². The summed E-state index contributed by atoms with van der Waals surface area (Å²) < 4.78 is 14.8. The van der Waals surface area contributed by atoms with Gasteiger partial charge in [-0.25, -0.2) is 9.07 Å². The second-order valence-electron chi connectivity index (χ2n) is 6.52. The van der Waals surface area contributed by atoms with Crippen molar-refractivity contribution < 1.29 is 4.39 Å². The molecule has 0 saturated carbocycles. The molecule has 0 fully saturated rings. The van der Waals surface area contributed by atoms with E-state index in [9.17, 15) is 9.18 Å². The molecule has 1 N–H and O–H groups in total. The van der Waals surface area contributed by atoms with Gasteiger partial charge >= 0.3 is 0 Å². The van der Waals surface area contributed by atoms with E-state index in [0.29, 0.717) is 30.1 Å². The number of pyridine rings is 1. The summed E-state index contributed by atoms with van der Waals surface area (Å²) >= 11 is 6.09. The second-order valence-corrected chi connectivity index (χ2v) is 6.93. The first-order valence-electron chi connectivity index (χ1n) is 8.46. The van der Waals surface area contributed by atoms with Crippen molar-refractivity contribution in [3.63, 3.8) is 0 Å². The number of aromatic nitrogens is 3. The molecule has 26 heavy (non-hydrogen) atoms. The molecule has 1 aromatic carbocycles. The lowest BCUT2D eigenvalue weighted by atomic mass is 10.1. The molecule has 4 rings (SSSR count). The predicted molar refractivity (Wildman–Crippen MR) is 97.6 cm³/mol. The van der Waals surface area contributed by atoms with E-state index in [1.165, 1.54) is 12.1 Å². The number of fused-ring (bicyclic) bond motifs is 1. The quantitative estimate of drug-likeness (QED) is 0.766. The molecule has 0 saturated heterocycles. The monoisotopic (exact) mass is 372 g/mol. The first-order valence-corrected chi connectivity index (χ1v) is 8.83. The standard InChI is InChI=1S/C19H18ClFN4O/c20-17-8-15(21)4-3-14(17)11-25-19(26)16-5-7-24(12-18(16)23-25)10-13-2-1-6-22-9-13/h1-4,6,8-9,23H,5,7,10-12H2. The Morgan fingerprint density at radius 1 is 1.27 bits per heavy atom. The summed E-state index contributed by atoms with van der Waals surface area (Å²) in [5.41, 5.74) is 3.59. The van der Waals surface area contributed by atoms with Crippen molar-refractivity contribution in [2.75, 3.05) is 6.54 Å². The van der Waals surface area contributed by atoms with Crippen LogP contribution in [0.15, 0.2) is 47.5 Å². The zero-order chi connectivity index (χ0) is 18.1. The highest BCUT2D eigenvalue weighted by atomic mass is 35.5. The van der Waals surface area contributed by atoms with Gasteiger partial charge < -0.3 is 0 Å². The first-order chi connectivity index (χ1) is 12.6. The second kappa shape index (κ2) is 7.05. The molecule has 134 valence electrons. The van der Waals surface area contributed by atoms with Gasteiger partial charge in [0.25, 0.3) is 5.56 Å². The lowest BCUT2D eigenvalue weighted by molar-refractivity contribution is 0.241. The van der Waals surface area contributed by atoms with Crippen LogP contribution in [0.5, 0.6) is 0 Å². The van der Waals surface area contributed by atoms with Crippen LogP contribution in [0.25, 0.3) is 0 Å². The van der Waals surface area contributed by atoms with Gasteiger partial charge in [-0.1, -0.05) is 23.7 Å². The van der Waals surface area contributed by atoms with Gasteiger partial charge in [0.2, 0.25) is 0 Å². The zero-order valence-corrected chi connectivity index (χ0v) is 14.8. The highest BCUT2D eigenvalue weighted by Crippen LogP contribution is 2.20. The third-order valence-corrected chi connectivity index (χ3v) is 5.02. The molecule has 0 bridgehead atoms. The summed E-state index contributed by atoms with van der Waals surface area (Å²) in [5.74, 6) is -0.386. The smallest absolute Gasteiger partial charge is 0.270 e. The van der Waals surface area contributed by atoms with Crippen molar-refractivity contribution in [2.24, 2.45) is 0 Å². The molecule has 3 heterocycles. The van der Waals surface area contributed by atoms with Crippen LogP contribution in [0.2, 0.25) is 5.02 Å². The molecule has 0 amide bonds. The largest absolute Gasteiger partial charge is 0.298 e. The fourth-order valence-corrected chi connectivity index (χ4v) is 3.58. The Labute approximate surface area is 155 Å². The number of halogens is 2. The number of hydrogen-bond donors (Lipinski definition) is 1. The molecule has 0 unspecified atom stereocenters. The fourth-order valence-electron chi connectivity index (χ4n) is 3.35. The Morgan fingerprint density at radius 3 is 2.92 bits per heavy atom. The normalized spacial score (nSPS) is 14.4. The Bertz CT molecular complexity index is 983. The van der Waals surface area contributed by atoms with Crippen molar-refractivity contribution in [2.45, 2.75) is 26.1 Å². The van der Waals surface area contributed by atoms with Gasteiger partial charge in [-0.05, 0) is 35.7 Å². The Kier molecular flexibility index (Phi) is 4.61. The Balaban J connectivity index is 1.53. The van der Waals surface area contributed by atoms with Crippen LogP contribution in [-0.2, 0) is 26.1 Å². The SMILES string of the molecule is O=c1c2c([nH]n1Cc1ccc(F)cc1Cl)CN(Cc1cccnc1)CC2. The molecular weight excluding hydrogens is 355 g/mol. The number of aromatic amines is 1. The van der Waals surface area contributed by atoms with Crippen LogP contribution in [0.3, 0.4) is 0 Å². The van der Waals surface area contributed by atoms with Crippen LogP contribution >= 0.6 is 11.6 Å². The third kappa shape index (κ3) is 3.43. The fraction of sp³-hybridized carbons (Fsp3) is 0.263. The molecule has 5 nitrogen and oxygen atoms in total. The summed E-state index contributed by atoms with van der Waals surface area (Å²) in [7, 11) is 0. The number of benzene rings is 1. The molecule has 0 radical (unpaired) electrons. The first kappa shape index (κ1) is 17.0. The molecule has 0 aliphatic carbocycles. The van der Waals surface area contributed by atoms with E-state index in [1.807, 2.05) is 18.3 Å². The van der Waals surface area contributed by atoms with Crippen LogP contribution in [0.1, 0.15) is 22.4 Å². The Morgan fingerprint density at radius 2 is 2.15 bits per heavy atom. The lowest BCUT2D eigenvalue weighted by Gasteiger charge is -2.25. The van der Waals surface area contributed by atoms with Crippen molar-refractivity contribution in [1.82, 2.24) is 19.7 Å². The van der Waals surface area contributed by atoms with Gasteiger partial charge in [-0.2, -0.15) is 0 Å². The van der Waals surface area contributed by atoms with Crippen LogP contribution in [0.4, 0.5) is 4.39 Å². The third-order valence-electron chi connectivity index (χ3n) is 4.67. The van der Waals surface area contributed by atoms with E-state index < -0.39 is 0 Å². The van der Waals surface area contributed by atoms with Crippen molar-refractivity contribution in [1.29, 1.82) is 0 Å². The number of nitrogens with zero attached hydrogens (tertiary/aromatic N) is 3. The average Bonchev–Trinajstić information content (AvgIpc) is 2.93. The predicted octanol–water partition coefficient (Wildman–Crippen LogP) is 2.97. The molecular formula is C19H18ClFN4O. The van der Waals surface area contributed by atoms with E-state index in [1.54, 1.807) is 16.9 Å². The molecule has 1 aliphatic rings. The summed E-state index contributed by atoms with van der Waals surface area (Å²) in [5, 5.41) is 3.52. The van der Waals surface area contributed by atoms with Crippen molar-refractivity contribution in [3.8, 4) is 0 Å². The minimum Gasteiger partial charge on any atom is -0.298 e. The Hall–Kier alpha value is -2.44. The highest BCUT2D eigenvalue weighted by molar-refractivity contribution is 6.31. The number of hydrogen-bond acceptors (Lipinski definition) is 3. The maximum atomic E-state index is 13.2. The van der Waals surface area contributed by atoms with E-state index in [2.05, 4.69) is 15.0 Å². The van der Waals surface area contributed by atoms with Crippen LogP contribution in [-0.4, -0.2) is 26.2 Å². The highest BCUT2D eigenvalue weighted by Gasteiger charge is 2.22. The molecule has 0 atom stereocenters. The minimum absolute atomic E-state index is 0.0265. The molecule has 0 spiro atoms. The maximum Gasteiger partial charge on any atom is 0.270 e. The molecule has 3 aromatic rings. The summed E-state index contributed by atoms with van der Waals surface area (Å²) in [6, 6.07) is 8.20. The van der Waals surface area contributed by atoms with E-state index in [-0.39, 0.29) is 11.4 Å². The van der Waals surface area contributed by atoms with Gasteiger partial charge in [-0.15, -0.1) is 0 Å². The maximum absolute atomic E-state index is 13.2. The molecule has 2 aromatic heterocycles. The van der Waals surface area contributed by atoms with Crippen molar-refractivity contribution in [3.05, 3.63) is 86.3 Å². The van der Waals surface area contributed by atoms with Crippen LogP contribution in [0, 0.1) is 5.82 Å². The van der Waals surface area contributed by atoms with Crippen molar-refractivity contribution >= 4 is 11.6 Å². The molecule has 1 aliphatic heterocycles. The zero-order valence-electron chi connectivity index (χ0n) is 14.1. The number of H-pyrrole nitrogens is 1. The average molecular weight is 373 g/mol. The lowest BCUT2D eigenvalue weighted by Crippen LogP contribution is -2.31. The topological polar surface area (TPSA) is 53.9 Å². The minimum atomic E-state index is -0.386.